The summed E-state index contributed by atoms with van der Waals surface area (Å²) >= 11 is 0. The fourth-order valence-corrected chi connectivity index (χ4v) is 2.31. The van der Waals surface area contributed by atoms with E-state index in [-0.39, 0.29) is 6.29 Å². The number of hydrogen-bond acceptors (Lipinski definition) is 3. The first kappa shape index (κ1) is 13.9. The Morgan fingerprint density at radius 1 is 1.06 bits per heavy atom. The summed E-state index contributed by atoms with van der Waals surface area (Å²) in [4.78, 5) is 2.53. The molecule has 96 valence electrons. The van der Waals surface area contributed by atoms with Gasteiger partial charge in [0.05, 0.1) is 0 Å². The van der Waals surface area contributed by atoms with Crippen LogP contribution in [-0.2, 0) is 9.47 Å². The van der Waals surface area contributed by atoms with Gasteiger partial charge in [-0.3, -0.25) is 0 Å². The van der Waals surface area contributed by atoms with Gasteiger partial charge in [0, 0.05) is 39.3 Å². The zero-order chi connectivity index (χ0) is 12.0. The molecular formula is C13H27NO2. The van der Waals surface area contributed by atoms with Crippen LogP contribution in [0.4, 0.5) is 0 Å². The summed E-state index contributed by atoms with van der Waals surface area (Å²) in [6.45, 7) is 13.7. The molecule has 1 rings (SSSR count). The summed E-state index contributed by atoms with van der Waals surface area (Å²) < 4.78 is 11.1. The first-order valence-electron chi connectivity index (χ1n) is 6.62. The second-order valence-corrected chi connectivity index (χ2v) is 4.84. The van der Waals surface area contributed by atoms with Crippen LogP contribution < -0.4 is 0 Å². The van der Waals surface area contributed by atoms with E-state index in [4.69, 9.17) is 9.47 Å². The maximum Gasteiger partial charge on any atom is 0.158 e. The van der Waals surface area contributed by atoms with Crippen molar-refractivity contribution < 1.29 is 9.47 Å². The molecule has 1 heterocycles. The molecule has 0 amide bonds. The predicted octanol–water partition coefficient (Wildman–Crippen LogP) is 2.36. The maximum atomic E-state index is 5.55. The van der Waals surface area contributed by atoms with Gasteiger partial charge < -0.3 is 14.4 Å². The average molecular weight is 229 g/mol. The maximum absolute atomic E-state index is 5.55. The molecule has 3 heteroatoms. The van der Waals surface area contributed by atoms with Crippen LogP contribution in [0.15, 0.2) is 0 Å². The quantitative estimate of drug-likeness (QED) is 0.626. The summed E-state index contributed by atoms with van der Waals surface area (Å²) in [6, 6.07) is 0. The van der Waals surface area contributed by atoms with Gasteiger partial charge in [0.2, 0.25) is 0 Å². The smallest absolute Gasteiger partial charge is 0.158 e. The van der Waals surface area contributed by atoms with Gasteiger partial charge in [-0.15, -0.1) is 0 Å². The van der Waals surface area contributed by atoms with Crippen molar-refractivity contribution in [3.63, 3.8) is 0 Å². The Balaban J connectivity index is 2.21. The second kappa shape index (κ2) is 7.25. The van der Waals surface area contributed by atoms with E-state index in [0.717, 1.165) is 38.0 Å². The van der Waals surface area contributed by atoms with Crippen molar-refractivity contribution in [1.82, 2.24) is 4.90 Å². The molecule has 0 radical (unpaired) electrons. The highest BCUT2D eigenvalue weighted by Crippen LogP contribution is 2.22. The molecule has 3 nitrogen and oxygen atoms in total. The lowest BCUT2D eigenvalue weighted by Crippen LogP contribution is -2.28. The van der Waals surface area contributed by atoms with Crippen LogP contribution in [0.1, 0.15) is 34.1 Å². The Labute approximate surface area is 100 Å². The Morgan fingerprint density at radius 3 is 2.00 bits per heavy atom. The molecule has 1 aliphatic heterocycles. The SMILES string of the molecule is CCOC(CCN1CC(C)C(C)C1)OCC. The van der Waals surface area contributed by atoms with E-state index in [9.17, 15) is 0 Å². The zero-order valence-corrected chi connectivity index (χ0v) is 11.2. The van der Waals surface area contributed by atoms with Gasteiger partial charge in [-0.2, -0.15) is 0 Å². The third-order valence-electron chi connectivity index (χ3n) is 3.45. The van der Waals surface area contributed by atoms with Gasteiger partial charge in [-0.05, 0) is 25.7 Å². The van der Waals surface area contributed by atoms with Crippen LogP contribution in [0.5, 0.6) is 0 Å². The number of nitrogens with zero attached hydrogens (tertiary/aromatic N) is 1. The Hall–Kier alpha value is -0.120. The summed E-state index contributed by atoms with van der Waals surface area (Å²) in [5.74, 6) is 1.66. The van der Waals surface area contributed by atoms with E-state index >= 15 is 0 Å². The Kier molecular flexibility index (Phi) is 6.32. The molecule has 0 N–H and O–H groups in total. The van der Waals surface area contributed by atoms with E-state index in [1.54, 1.807) is 0 Å². The Bertz CT molecular complexity index is 169. The van der Waals surface area contributed by atoms with Crippen molar-refractivity contribution in [3.8, 4) is 0 Å². The van der Waals surface area contributed by atoms with Crippen molar-refractivity contribution in [2.45, 2.75) is 40.4 Å². The fraction of sp³-hybridized carbons (Fsp3) is 1.00. The summed E-state index contributed by atoms with van der Waals surface area (Å²) in [6.07, 6.45) is 0.974. The van der Waals surface area contributed by atoms with Gasteiger partial charge >= 0.3 is 0 Å². The molecule has 0 aromatic rings. The molecule has 2 unspecified atom stereocenters. The van der Waals surface area contributed by atoms with Crippen LogP contribution in [0, 0.1) is 11.8 Å². The first-order chi connectivity index (χ1) is 7.67. The fourth-order valence-electron chi connectivity index (χ4n) is 2.31. The standard InChI is InChI=1S/C13H27NO2/c1-5-15-13(16-6-2)7-8-14-9-11(3)12(4)10-14/h11-13H,5-10H2,1-4H3. The predicted molar refractivity (Wildman–Crippen MR) is 66.4 cm³/mol. The molecular weight excluding hydrogens is 202 g/mol. The van der Waals surface area contributed by atoms with Gasteiger partial charge in [0.1, 0.15) is 0 Å². The van der Waals surface area contributed by atoms with E-state index in [1.807, 2.05) is 13.8 Å². The molecule has 0 saturated carbocycles. The highest BCUT2D eigenvalue weighted by molar-refractivity contribution is 4.78. The minimum atomic E-state index is -0.0128. The lowest BCUT2D eigenvalue weighted by molar-refractivity contribution is -0.141. The van der Waals surface area contributed by atoms with Crippen molar-refractivity contribution in [3.05, 3.63) is 0 Å². The molecule has 1 fully saturated rings. The lowest BCUT2D eigenvalue weighted by Gasteiger charge is -2.21. The summed E-state index contributed by atoms with van der Waals surface area (Å²) in [5.41, 5.74) is 0. The second-order valence-electron chi connectivity index (χ2n) is 4.84. The molecule has 2 atom stereocenters. The van der Waals surface area contributed by atoms with Crippen LogP contribution >= 0.6 is 0 Å². The molecule has 1 saturated heterocycles. The minimum absolute atomic E-state index is 0.0128. The van der Waals surface area contributed by atoms with E-state index in [1.165, 1.54) is 13.1 Å². The minimum Gasteiger partial charge on any atom is -0.353 e. The number of ether oxygens (including phenoxy) is 2. The first-order valence-corrected chi connectivity index (χ1v) is 6.62. The van der Waals surface area contributed by atoms with E-state index in [0.29, 0.717) is 0 Å². The summed E-state index contributed by atoms with van der Waals surface area (Å²) in [5, 5.41) is 0. The third-order valence-corrected chi connectivity index (χ3v) is 3.45. The van der Waals surface area contributed by atoms with Crippen LogP contribution in [-0.4, -0.2) is 44.0 Å². The molecule has 0 aromatic carbocycles. The topological polar surface area (TPSA) is 21.7 Å². The van der Waals surface area contributed by atoms with Gasteiger partial charge in [-0.1, -0.05) is 13.8 Å². The highest BCUT2D eigenvalue weighted by Gasteiger charge is 2.26. The average Bonchev–Trinajstić information content (AvgIpc) is 2.56. The number of rotatable bonds is 7. The molecule has 0 bridgehead atoms. The van der Waals surface area contributed by atoms with Crippen LogP contribution in [0.2, 0.25) is 0 Å². The number of hydrogen-bond donors (Lipinski definition) is 0. The van der Waals surface area contributed by atoms with Crippen molar-refractivity contribution >= 4 is 0 Å². The molecule has 0 spiro atoms. The number of likely N-dealkylation sites (tertiary alicyclic amines) is 1. The molecule has 0 aliphatic carbocycles. The van der Waals surface area contributed by atoms with Crippen molar-refractivity contribution in [2.75, 3.05) is 32.8 Å². The van der Waals surface area contributed by atoms with Crippen LogP contribution in [0.25, 0.3) is 0 Å². The molecule has 16 heavy (non-hydrogen) atoms. The van der Waals surface area contributed by atoms with Gasteiger partial charge in [-0.25, -0.2) is 0 Å². The van der Waals surface area contributed by atoms with Crippen molar-refractivity contribution in [1.29, 1.82) is 0 Å². The lowest BCUT2D eigenvalue weighted by atomic mass is 10.0. The monoisotopic (exact) mass is 229 g/mol. The van der Waals surface area contributed by atoms with E-state index < -0.39 is 0 Å². The van der Waals surface area contributed by atoms with Gasteiger partial charge in [0.15, 0.2) is 6.29 Å². The normalized spacial score (nSPS) is 26.8. The summed E-state index contributed by atoms with van der Waals surface area (Å²) in [7, 11) is 0. The van der Waals surface area contributed by atoms with Crippen LogP contribution in [0.3, 0.4) is 0 Å². The highest BCUT2D eigenvalue weighted by atomic mass is 16.7. The third kappa shape index (κ3) is 4.40. The van der Waals surface area contributed by atoms with Crippen molar-refractivity contribution in [2.24, 2.45) is 11.8 Å². The molecule has 1 aliphatic rings. The van der Waals surface area contributed by atoms with Gasteiger partial charge in [0.25, 0.3) is 0 Å². The molecule has 0 aromatic heterocycles. The largest absolute Gasteiger partial charge is 0.353 e. The van der Waals surface area contributed by atoms with E-state index in [2.05, 4.69) is 18.7 Å². The Morgan fingerprint density at radius 2 is 1.56 bits per heavy atom. The zero-order valence-electron chi connectivity index (χ0n) is 11.2.